The van der Waals surface area contributed by atoms with Crippen molar-refractivity contribution in [2.45, 2.75) is 0 Å². The standard InChI is InChI=1S/C25H27N5O3/c1-32-21-10-8-19(16-22(21)33-2)9-11-25(31)28-23-17-24(27-18-26-23)30-14-12-29(13-15-30)20-6-4-3-5-7-20/h3-11,16-18H,12-15H2,1-2H3,(H,26,27,28,31). The Morgan fingerprint density at radius 2 is 1.64 bits per heavy atom. The van der Waals surface area contributed by atoms with Crippen LogP contribution in [0, 0.1) is 0 Å². The van der Waals surface area contributed by atoms with E-state index in [1.54, 1.807) is 38.5 Å². The molecule has 1 saturated heterocycles. The molecule has 4 rings (SSSR count). The minimum Gasteiger partial charge on any atom is -0.493 e. The molecule has 0 radical (unpaired) electrons. The number of amides is 1. The minimum atomic E-state index is -0.275. The molecule has 1 aliphatic heterocycles. The summed E-state index contributed by atoms with van der Waals surface area (Å²) in [5, 5.41) is 2.81. The van der Waals surface area contributed by atoms with Crippen LogP contribution in [0.2, 0.25) is 0 Å². The molecule has 0 saturated carbocycles. The highest BCUT2D eigenvalue weighted by molar-refractivity contribution is 6.01. The van der Waals surface area contributed by atoms with Gasteiger partial charge in [-0.2, -0.15) is 0 Å². The zero-order valence-corrected chi connectivity index (χ0v) is 18.8. The van der Waals surface area contributed by atoms with Gasteiger partial charge in [0.2, 0.25) is 5.91 Å². The van der Waals surface area contributed by atoms with Crippen molar-refractivity contribution in [1.29, 1.82) is 0 Å². The molecule has 1 fully saturated rings. The van der Waals surface area contributed by atoms with Crippen LogP contribution in [0.4, 0.5) is 17.3 Å². The number of para-hydroxylation sites is 1. The minimum absolute atomic E-state index is 0.275. The fraction of sp³-hybridized carbons (Fsp3) is 0.240. The number of methoxy groups -OCH3 is 2. The predicted octanol–water partition coefficient (Wildman–Crippen LogP) is 3.47. The zero-order valence-electron chi connectivity index (χ0n) is 18.8. The van der Waals surface area contributed by atoms with Crippen molar-refractivity contribution < 1.29 is 14.3 Å². The van der Waals surface area contributed by atoms with Crippen molar-refractivity contribution >= 4 is 29.3 Å². The van der Waals surface area contributed by atoms with E-state index >= 15 is 0 Å². The van der Waals surface area contributed by atoms with E-state index in [0.717, 1.165) is 37.6 Å². The Bertz CT molecular complexity index is 1110. The molecule has 1 aliphatic rings. The number of piperazine rings is 1. The van der Waals surface area contributed by atoms with Crippen LogP contribution in [0.3, 0.4) is 0 Å². The summed E-state index contributed by atoms with van der Waals surface area (Å²) in [5.41, 5.74) is 2.05. The Kier molecular flexibility index (Phi) is 7.04. The Labute approximate surface area is 193 Å². The van der Waals surface area contributed by atoms with E-state index in [2.05, 4.69) is 49.4 Å². The average molecular weight is 446 g/mol. The summed E-state index contributed by atoms with van der Waals surface area (Å²) in [6.45, 7) is 3.50. The molecule has 1 aromatic heterocycles. The topological polar surface area (TPSA) is 79.8 Å². The second kappa shape index (κ2) is 10.5. The van der Waals surface area contributed by atoms with Crippen LogP contribution in [0.25, 0.3) is 6.08 Å². The van der Waals surface area contributed by atoms with Gasteiger partial charge in [-0.3, -0.25) is 4.79 Å². The van der Waals surface area contributed by atoms with Gasteiger partial charge in [0.15, 0.2) is 11.5 Å². The van der Waals surface area contributed by atoms with Gasteiger partial charge in [-0.15, -0.1) is 0 Å². The second-order valence-corrected chi connectivity index (χ2v) is 7.51. The Balaban J connectivity index is 1.35. The van der Waals surface area contributed by atoms with Gasteiger partial charge in [0.25, 0.3) is 0 Å². The number of hydrogen-bond acceptors (Lipinski definition) is 7. The molecular formula is C25H27N5O3. The van der Waals surface area contributed by atoms with Crippen molar-refractivity contribution in [2.75, 3.05) is 55.5 Å². The molecule has 2 aromatic carbocycles. The van der Waals surface area contributed by atoms with Crippen molar-refractivity contribution in [3.05, 3.63) is 72.6 Å². The number of nitrogens with one attached hydrogen (secondary N) is 1. The van der Waals surface area contributed by atoms with E-state index in [4.69, 9.17) is 9.47 Å². The fourth-order valence-corrected chi connectivity index (χ4v) is 3.72. The van der Waals surface area contributed by atoms with Crippen LogP contribution in [0.15, 0.2) is 67.0 Å². The molecule has 8 heteroatoms. The molecule has 0 atom stereocenters. The van der Waals surface area contributed by atoms with E-state index in [0.29, 0.717) is 17.3 Å². The maximum Gasteiger partial charge on any atom is 0.249 e. The van der Waals surface area contributed by atoms with Crippen molar-refractivity contribution in [1.82, 2.24) is 9.97 Å². The van der Waals surface area contributed by atoms with Gasteiger partial charge in [-0.05, 0) is 35.9 Å². The average Bonchev–Trinajstić information content (AvgIpc) is 2.88. The molecule has 8 nitrogen and oxygen atoms in total. The van der Waals surface area contributed by atoms with Crippen molar-refractivity contribution in [2.24, 2.45) is 0 Å². The number of hydrogen-bond donors (Lipinski definition) is 1. The molecule has 0 unspecified atom stereocenters. The van der Waals surface area contributed by atoms with Gasteiger partial charge in [-0.1, -0.05) is 24.3 Å². The molecule has 0 bridgehead atoms. The number of rotatable bonds is 7. The summed E-state index contributed by atoms with van der Waals surface area (Å²) in [4.78, 5) is 25.6. The number of nitrogens with zero attached hydrogens (tertiary/aromatic N) is 4. The predicted molar refractivity (Wildman–Crippen MR) is 130 cm³/mol. The molecular weight excluding hydrogens is 418 g/mol. The summed E-state index contributed by atoms with van der Waals surface area (Å²) < 4.78 is 10.5. The second-order valence-electron chi connectivity index (χ2n) is 7.51. The van der Waals surface area contributed by atoms with Gasteiger partial charge >= 0.3 is 0 Å². The summed E-state index contributed by atoms with van der Waals surface area (Å²) in [6, 6.07) is 17.7. The van der Waals surface area contributed by atoms with E-state index in [9.17, 15) is 4.79 Å². The van der Waals surface area contributed by atoms with Gasteiger partial charge in [0.05, 0.1) is 14.2 Å². The third-order valence-electron chi connectivity index (χ3n) is 5.46. The van der Waals surface area contributed by atoms with Crippen LogP contribution in [0.1, 0.15) is 5.56 Å². The highest BCUT2D eigenvalue weighted by atomic mass is 16.5. The van der Waals surface area contributed by atoms with E-state index in [-0.39, 0.29) is 5.91 Å². The first-order valence-corrected chi connectivity index (χ1v) is 10.7. The third kappa shape index (κ3) is 5.60. The Hall–Kier alpha value is -4.07. The van der Waals surface area contributed by atoms with Crippen LogP contribution < -0.4 is 24.6 Å². The molecule has 0 spiro atoms. The van der Waals surface area contributed by atoms with Crippen LogP contribution in [-0.2, 0) is 4.79 Å². The van der Waals surface area contributed by atoms with Gasteiger partial charge in [0, 0.05) is 44.0 Å². The lowest BCUT2D eigenvalue weighted by atomic mass is 10.2. The molecule has 170 valence electrons. The molecule has 3 aromatic rings. The summed E-state index contributed by atoms with van der Waals surface area (Å²) in [5.74, 6) is 2.23. The number of ether oxygens (including phenoxy) is 2. The number of carbonyl (C=O) groups is 1. The molecule has 1 N–H and O–H groups in total. The monoisotopic (exact) mass is 445 g/mol. The molecule has 1 amide bonds. The van der Waals surface area contributed by atoms with Crippen LogP contribution in [0.5, 0.6) is 11.5 Å². The van der Waals surface area contributed by atoms with Crippen LogP contribution >= 0.6 is 0 Å². The SMILES string of the molecule is COc1ccc(C=CC(=O)Nc2cc(N3CCN(c4ccccc4)CC3)ncn2)cc1OC. The van der Waals surface area contributed by atoms with E-state index < -0.39 is 0 Å². The lowest BCUT2D eigenvalue weighted by Crippen LogP contribution is -2.46. The van der Waals surface area contributed by atoms with E-state index in [1.165, 1.54) is 18.1 Å². The maximum absolute atomic E-state index is 12.4. The first kappa shape index (κ1) is 22.1. The largest absolute Gasteiger partial charge is 0.493 e. The number of anilines is 3. The molecule has 33 heavy (non-hydrogen) atoms. The van der Waals surface area contributed by atoms with Crippen molar-refractivity contribution in [3.8, 4) is 11.5 Å². The zero-order chi connectivity index (χ0) is 23.0. The smallest absolute Gasteiger partial charge is 0.249 e. The highest BCUT2D eigenvalue weighted by Gasteiger charge is 2.18. The lowest BCUT2D eigenvalue weighted by Gasteiger charge is -2.36. The Morgan fingerprint density at radius 3 is 2.36 bits per heavy atom. The van der Waals surface area contributed by atoms with Gasteiger partial charge in [-0.25, -0.2) is 9.97 Å². The normalized spacial score (nSPS) is 13.8. The van der Waals surface area contributed by atoms with Crippen LogP contribution in [-0.4, -0.2) is 56.3 Å². The number of benzene rings is 2. The number of carbonyl (C=O) groups excluding carboxylic acids is 1. The summed E-state index contributed by atoms with van der Waals surface area (Å²) in [7, 11) is 3.16. The molecule has 2 heterocycles. The highest BCUT2D eigenvalue weighted by Crippen LogP contribution is 2.28. The maximum atomic E-state index is 12.4. The van der Waals surface area contributed by atoms with Gasteiger partial charge in [0.1, 0.15) is 18.0 Å². The van der Waals surface area contributed by atoms with Crippen molar-refractivity contribution in [3.63, 3.8) is 0 Å². The first-order valence-electron chi connectivity index (χ1n) is 10.7. The number of aromatic nitrogens is 2. The first-order chi connectivity index (χ1) is 16.2. The summed E-state index contributed by atoms with van der Waals surface area (Å²) in [6.07, 6.45) is 4.65. The van der Waals surface area contributed by atoms with Gasteiger partial charge < -0.3 is 24.6 Å². The third-order valence-corrected chi connectivity index (χ3v) is 5.46. The quantitative estimate of drug-likeness (QED) is 0.558. The summed E-state index contributed by atoms with van der Waals surface area (Å²) >= 11 is 0. The Morgan fingerprint density at radius 1 is 0.909 bits per heavy atom. The van der Waals surface area contributed by atoms with E-state index in [1.807, 2.05) is 12.1 Å². The fourth-order valence-electron chi connectivity index (χ4n) is 3.72. The lowest BCUT2D eigenvalue weighted by molar-refractivity contribution is -0.111. The molecule has 0 aliphatic carbocycles.